The van der Waals surface area contributed by atoms with Gasteiger partial charge in [-0.15, -0.1) is 10.2 Å². The highest BCUT2D eigenvalue weighted by atomic mass is 32.2. The summed E-state index contributed by atoms with van der Waals surface area (Å²) in [6.45, 7) is 4.71. The second kappa shape index (κ2) is 9.38. The minimum atomic E-state index is -0.417. The third-order valence-corrected chi connectivity index (χ3v) is 6.42. The first-order valence-electron chi connectivity index (χ1n) is 9.18. The molecule has 1 aliphatic rings. The summed E-state index contributed by atoms with van der Waals surface area (Å²) in [5.41, 5.74) is 0.736. The normalized spacial score (nSPS) is 16.6. The molecule has 0 bridgehead atoms. The summed E-state index contributed by atoms with van der Waals surface area (Å²) in [5, 5.41) is 11.4. The maximum Gasteiger partial charge on any atom is 0.231 e. The molecule has 1 N–H and O–H groups in total. The number of carbonyl (C=O) groups excluding carboxylic acids is 2. The van der Waals surface area contributed by atoms with Gasteiger partial charge in [0.2, 0.25) is 16.9 Å². The zero-order valence-electron chi connectivity index (χ0n) is 16.2. The molecule has 28 heavy (non-hydrogen) atoms. The van der Waals surface area contributed by atoms with Crippen molar-refractivity contribution in [3.63, 3.8) is 0 Å². The summed E-state index contributed by atoms with van der Waals surface area (Å²) >= 11 is 3.02. The quantitative estimate of drug-likeness (QED) is 0.518. The number of hydrogen-bond donors (Lipinski definition) is 1. The molecule has 0 saturated carbocycles. The Bertz CT molecular complexity index is 840. The number of rotatable bonds is 8. The van der Waals surface area contributed by atoms with E-state index in [0.29, 0.717) is 23.3 Å². The van der Waals surface area contributed by atoms with E-state index in [0.717, 1.165) is 22.2 Å². The number of carbonyl (C=O) groups is 2. The Morgan fingerprint density at radius 1 is 1.43 bits per heavy atom. The van der Waals surface area contributed by atoms with Crippen LogP contribution in [0.5, 0.6) is 5.75 Å². The number of ether oxygens (including phenoxy) is 1. The average molecular weight is 421 g/mol. The third kappa shape index (κ3) is 5.23. The number of nitrogens with one attached hydrogen (secondary N) is 1. The number of anilines is 2. The topological polar surface area (TPSA) is 84.4 Å². The first-order chi connectivity index (χ1) is 13.5. The summed E-state index contributed by atoms with van der Waals surface area (Å²) < 4.78 is 6.06. The molecule has 2 aromatic rings. The zero-order valence-corrected chi connectivity index (χ0v) is 17.8. The van der Waals surface area contributed by atoms with E-state index in [1.165, 1.54) is 11.3 Å². The maximum absolute atomic E-state index is 12.6. The van der Waals surface area contributed by atoms with E-state index >= 15 is 0 Å². The molecule has 7 nitrogen and oxygen atoms in total. The second-order valence-electron chi connectivity index (χ2n) is 7.00. The van der Waals surface area contributed by atoms with Crippen LogP contribution in [0, 0.1) is 11.8 Å². The van der Waals surface area contributed by atoms with Crippen molar-refractivity contribution in [2.45, 2.75) is 31.0 Å². The van der Waals surface area contributed by atoms with E-state index in [1.807, 2.05) is 18.2 Å². The first kappa shape index (κ1) is 20.6. The fourth-order valence-corrected chi connectivity index (χ4v) is 4.88. The molecule has 0 unspecified atom stereocenters. The molecule has 0 radical (unpaired) electrons. The standard InChI is InChI=1S/C19H24N4O3S2/c1-12(2)7-8-27-19-22-21-18(28-19)20-17(25)13-9-16(24)23(11-13)14-5-4-6-15(10-14)26-3/h4-6,10,12-13H,7-9,11H2,1-3H3,(H,20,21,25)/t13-/m0/s1. The van der Waals surface area contributed by atoms with Gasteiger partial charge in [0.15, 0.2) is 4.34 Å². The van der Waals surface area contributed by atoms with Crippen LogP contribution in [-0.2, 0) is 9.59 Å². The van der Waals surface area contributed by atoms with Crippen molar-refractivity contribution < 1.29 is 14.3 Å². The van der Waals surface area contributed by atoms with Gasteiger partial charge >= 0.3 is 0 Å². The lowest BCUT2D eigenvalue weighted by molar-refractivity contribution is -0.122. The Labute approximate surface area is 172 Å². The van der Waals surface area contributed by atoms with Gasteiger partial charge in [0.05, 0.1) is 13.0 Å². The van der Waals surface area contributed by atoms with Gasteiger partial charge in [0.25, 0.3) is 0 Å². The number of thioether (sulfide) groups is 1. The van der Waals surface area contributed by atoms with Crippen LogP contribution >= 0.6 is 23.1 Å². The third-order valence-electron chi connectivity index (χ3n) is 4.42. The minimum absolute atomic E-state index is 0.0735. The van der Waals surface area contributed by atoms with Gasteiger partial charge in [-0.05, 0) is 24.5 Å². The van der Waals surface area contributed by atoms with Crippen LogP contribution in [0.2, 0.25) is 0 Å². The van der Waals surface area contributed by atoms with Crippen molar-refractivity contribution in [2.24, 2.45) is 11.8 Å². The first-order valence-corrected chi connectivity index (χ1v) is 11.0. The van der Waals surface area contributed by atoms with Crippen molar-refractivity contribution in [2.75, 3.05) is 29.6 Å². The molecule has 1 saturated heterocycles. The van der Waals surface area contributed by atoms with Crippen LogP contribution in [-0.4, -0.2) is 41.4 Å². The Hall–Kier alpha value is -2.13. The molecule has 1 aromatic heterocycles. The Morgan fingerprint density at radius 2 is 2.25 bits per heavy atom. The molecular formula is C19H24N4O3S2. The Balaban J connectivity index is 1.57. The van der Waals surface area contributed by atoms with E-state index in [4.69, 9.17) is 4.74 Å². The molecule has 1 fully saturated rings. The molecule has 9 heteroatoms. The molecule has 2 heterocycles. The van der Waals surface area contributed by atoms with Gasteiger partial charge in [0, 0.05) is 30.5 Å². The lowest BCUT2D eigenvalue weighted by atomic mass is 10.1. The monoisotopic (exact) mass is 420 g/mol. The lowest BCUT2D eigenvalue weighted by Crippen LogP contribution is -2.28. The van der Waals surface area contributed by atoms with Gasteiger partial charge in [-0.1, -0.05) is 43.0 Å². The van der Waals surface area contributed by atoms with Crippen LogP contribution in [0.3, 0.4) is 0 Å². The van der Waals surface area contributed by atoms with Crippen molar-refractivity contribution in [1.29, 1.82) is 0 Å². The number of aromatic nitrogens is 2. The van der Waals surface area contributed by atoms with Gasteiger partial charge in [0.1, 0.15) is 5.75 Å². The van der Waals surface area contributed by atoms with Crippen LogP contribution < -0.4 is 15.0 Å². The average Bonchev–Trinajstić information content (AvgIpc) is 3.28. The Morgan fingerprint density at radius 3 is 3.00 bits per heavy atom. The van der Waals surface area contributed by atoms with Gasteiger partial charge in [-0.25, -0.2) is 0 Å². The summed E-state index contributed by atoms with van der Waals surface area (Å²) in [4.78, 5) is 26.6. The molecule has 1 atom stereocenters. The molecule has 0 aliphatic carbocycles. The number of hydrogen-bond acceptors (Lipinski definition) is 7. The van der Waals surface area contributed by atoms with Gasteiger partial charge in [-0.3, -0.25) is 9.59 Å². The highest BCUT2D eigenvalue weighted by molar-refractivity contribution is 8.01. The molecule has 150 valence electrons. The van der Waals surface area contributed by atoms with Crippen molar-refractivity contribution in [3.8, 4) is 5.75 Å². The maximum atomic E-state index is 12.6. The highest BCUT2D eigenvalue weighted by Crippen LogP contribution is 2.30. The van der Waals surface area contributed by atoms with E-state index < -0.39 is 5.92 Å². The molecule has 1 aliphatic heterocycles. The number of amides is 2. The summed E-state index contributed by atoms with van der Waals surface area (Å²) in [5.74, 6) is 1.61. The number of nitrogens with zero attached hydrogens (tertiary/aromatic N) is 3. The van der Waals surface area contributed by atoms with Crippen molar-refractivity contribution >= 4 is 45.7 Å². The van der Waals surface area contributed by atoms with E-state index in [2.05, 4.69) is 29.4 Å². The smallest absolute Gasteiger partial charge is 0.231 e. The van der Waals surface area contributed by atoms with Crippen LogP contribution in [0.15, 0.2) is 28.6 Å². The van der Waals surface area contributed by atoms with Crippen molar-refractivity contribution in [3.05, 3.63) is 24.3 Å². The van der Waals surface area contributed by atoms with Crippen LogP contribution in [0.4, 0.5) is 10.8 Å². The van der Waals surface area contributed by atoms with Crippen LogP contribution in [0.1, 0.15) is 26.7 Å². The molecule has 1 aromatic carbocycles. The van der Waals surface area contributed by atoms with Crippen molar-refractivity contribution in [1.82, 2.24) is 10.2 Å². The fraction of sp³-hybridized carbons (Fsp3) is 0.474. The predicted octanol–water partition coefficient (Wildman–Crippen LogP) is 3.68. The molecular weight excluding hydrogens is 396 g/mol. The van der Waals surface area contributed by atoms with Gasteiger partial charge in [-0.2, -0.15) is 0 Å². The SMILES string of the molecule is COc1cccc(N2C[C@@H](C(=O)Nc3nnc(SCCC(C)C)s3)CC2=O)c1. The van der Waals surface area contributed by atoms with E-state index in [9.17, 15) is 9.59 Å². The summed E-state index contributed by atoms with van der Waals surface area (Å²) in [7, 11) is 1.58. The minimum Gasteiger partial charge on any atom is -0.497 e. The van der Waals surface area contributed by atoms with E-state index in [1.54, 1.807) is 29.8 Å². The lowest BCUT2D eigenvalue weighted by Gasteiger charge is -2.17. The number of methoxy groups -OCH3 is 1. The molecule has 3 rings (SSSR count). The van der Waals surface area contributed by atoms with Gasteiger partial charge < -0.3 is 15.0 Å². The van der Waals surface area contributed by atoms with Crippen LogP contribution in [0.25, 0.3) is 0 Å². The second-order valence-corrected chi connectivity index (χ2v) is 9.32. The largest absolute Gasteiger partial charge is 0.497 e. The zero-order chi connectivity index (χ0) is 20.1. The van der Waals surface area contributed by atoms with E-state index in [-0.39, 0.29) is 18.2 Å². The number of benzene rings is 1. The molecule has 2 amide bonds. The highest BCUT2D eigenvalue weighted by Gasteiger charge is 2.35. The summed E-state index contributed by atoms with van der Waals surface area (Å²) in [6, 6.07) is 7.28. The summed E-state index contributed by atoms with van der Waals surface area (Å²) in [6.07, 6.45) is 1.29. The fourth-order valence-electron chi connectivity index (χ4n) is 2.82. The Kier molecular flexibility index (Phi) is 6.90. The molecule has 0 spiro atoms. The predicted molar refractivity (Wildman–Crippen MR) is 112 cm³/mol.